The van der Waals surface area contributed by atoms with Crippen molar-refractivity contribution >= 4 is 5.91 Å². The zero-order chi connectivity index (χ0) is 15.3. The summed E-state index contributed by atoms with van der Waals surface area (Å²) in [6, 6.07) is 3.53. The predicted molar refractivity (Wildman–Crippen MR) is 77.6 cm³/mol. The molecule has 5 heteroatoms. The maximum atomic E-state index is 13.1. The van der Waals surface area contributed by atoms with Crippen molar-refractivity contribution in [1.82, 2.24) is 5.32 Å². The summed E-state index contributed by atoms with van der Waals surface area (Å²) in [5.41, 5.74) is 6.34. The van der Waals surface area contributed by atoms with Crippen molar-refractivity contribution in [2.45, 2.75) is 38.5 Å². The average molecular weight is 296 g/mol. The third kappa shape index (κ3) is 4.24. The highest BCUT2D eigenvalue weighted by Crippen LogP contribution is 2.34. The summed E-state index contributed by atoms with van der Waals surface area (Å²) in [7, 11) is 0. The smallest absolute Gasteiger partial charge is 0.224 e. The van der Waals surface area contributed by atoms with E-state index in [2.05, 4.69) is 5.32 Å². The Kier molecular flexibility index (Phi) is 5.28. The van der Waals surface area contributed by atoms with Crippen molar-refractivity contribution in [3.63, 3.8) is 0 Å². The molecule has 3 nitrogen and oxygen atoms in total. The first-order valence-corrected chi connectivity index (χ1v) is 7.45. The molecule has 1 aliphatic rings. The quantitative estimate of drug-likeness (QED) is 0.877. The lowest BCUT2D eigenvalue weighted by Crippen LogP contribution is -2.44. The molecule has 0 aromatic heterocycles. The molecular formula is C16H22F2N2O. The standard InChI is InChI=1S/C16H22F2N2O/c17-13-5-4-12(8-14(13)18)9-15(21)20-11-16(10-19)6-2-1-3-7-16/h4-5,8H,1-3,6-7,9-11,19H2,(H,20,21). The number of halogens is 2. The summed E-state index contributed by atoms with van der Waals surface area (Å²) in [6.45, 7) is 1.13. The van der Waals surface area contributed by atoms with Gasteiger partial charge in [0.2, 0.25) is 5.91 Å². The van der Waals surface area contributed by atoms with Gasteiger partial charge in [0.1, 0.15) is 0 Å². The van der Waals surface area contributed by atoms with E-state index in [0.29, 0.717) is 18.7 Å². The highest BCUT2D eigenvalue weighted by atomic mass is 19.2. The lowest BCUT2D eigenvalue weighted by Gasteiger charge is -2.36. The fourth-order valence-corrected chi connectivity index (χ4v) is 2.94. The number of hydrogen-bond donors (Lipinski definition) is 2. The Morgan fingerprint density at radius 3 is 2.52 bits per heavy atom. The number of nitrogens with one attached hydrogen (secondary N) is 1. The van der Waals surface area contributed by atoms with Gasteiger partial charge in [0.25, 0.3) is 0 Å². The van der Waals surface area contributed by atoms with Gasteiger partial charge in [0.05, 0.1) is 6.42 Å². The Hall–Kier alpha value is -1.49. The van der Waals surface area contributed by atoms with Crippen LogP contribution in [0.4, 0.5) is 8.78 Å². The molecule has 0 bridgehead atoms. The van der Waals surface area contributed by atoms with Crippen LogP contribution < -0.4 is 11.1 Å². The minimum Gasteiger partial charge on any atom is -0.355 e. The third-order valence-corrected chi connectivity index (χ3v) is 4.36. The molecule has 2 rings (SSSR count). The van der Waals surface area contributed by atoms with Crippen molar-refractivity contribution in [2.24, 2.45) is 11.1 Å². The zero-order valence-corrected chi connectivity index (χ0v) is 12.1. The molecule has 1 aromatic carbocycles. The maximum absolute atomic E-state index is 13.1. The second-order valence-electron chi connectivity index (χ2n) is 5.97. The van der Waals surface area contributed by atoms with Crippen molar-refractivity contribution in [1.29, 1.82) is 0 Å². The van der Waals surface area contributed by atoms with Gasteiger partial charge in [-0.3, -0.25) is 4.79 Å². The Labute approximate surface area is 123 Å². The van der Waals surface area contributed by atoms with E-state index in [1.54, 1.807) is 0 Å². The van der Waals surface area contributed by atoms with E-state index in [4.69, 9.17) is 5.73 Å². The molecule has 0 spiro atoms. The molecule has 116 valence electrons. The molecule has 21 heavy (non-hydrogen) atoms. The second kappa shape index (κ2) is 6.98. The lowest BCUT2D eigenvalue weighted by molar-refractivity contribution is -0.121. The molecule has 3 N–H and O–H groups in total. The Morgan fingerprint density at radius 1 is 1.19 bits per heavy atom. The normalized spacial score (nSPS) is 17.5. The zero-order valence-electron chi connectivity index (χ0n) is 12.1. The SMILES string of the molecule is NCC1(CNC(=O)Cc2ccc(F)c(F)c2)CCCCC1. The van der Waals surface area contributed by atoms with E-state index in [0.717, 1.165) is 37.8 Å². The monoisotopic (exact) mass is 296 g/mol. The van der Waals surface area contributed by atoms with Crippen molar-refractivity contribution in [3.8, 4) is 0 Å². The van der Waals surface area contributed by atoms with Crippen LogP contribution in [0.1, 0.15) is 37.7 Å². The molecule has 0 saturated heterocycles. The fourth-order valence-electron chi connectivity index (χ4n) is 2.94. The van der Waals surface area contributed by atoms with E-state index in [1.807, 2.05) is 0 Å². The highest BCUT2D eigenvalue weighted by molar-refractivity contribution is 5.78. The van der Waals surface area contributed by atoms with E-state index in [1.165, 1.54) is 12.5 Å². The first-order valence-electron chi connectivity index (χ1n) is 7.45. The third-order valence-electron chi connectivity index (χ3n) is 4.36. The van der Waals surface area contributed by atoms with Crippen LogP contribution in [0.25, 0.3) is 0 Å². The van der Waals surface area contributed by atoms with Crippen LogP contribution in [0, 0.1) is 17.0 Å². The van der Waals surface area contributed by atoms with Crippen LogP contribution in [-0.4, -0.2) is 19.0 Å². The summed E-state index contributed by atoms with van der Waals surface area (Å²) in [6.07, 6.45) is 5.65. The van der Waals surface area contributed by atoms with Gasteiger partial charge >= 0.3 is 0 Å². The summed E-state index contributed by atoms with van der Waals surface area (Å²) < 4.78 is 25.9. The first-order chi connectivity index (χ1) is 10.0. The highest BCUT2D eigenvalue weighted by Gasteiger charge is 2.30. The number of hydrogen-bond acceptors (Lipinski definition) is 2. The van der Waals surface area contributed by atoms with Crippen LogP contribution in [-0.2, 0) is 11.2 Å². The molecule has 1 aliphatic carbocycles. The van der Waals surface area contributed by atoms with E-state index < -0.39 is 11.6 Å². The maximum Gasteiger partial charge on any atom is 0.224 e. The van der Waals surface area contributed by atoms with Crippen LogP contribution >= 0.6 is 0 Å². The minimum absolute atomic E-state index is 0.00194. The first kappa shape index (κ1) is 15.9. The molecule has 1 saturated carbocycles. The topological polar surface area (TPSA) is 55.1 Å². The lowest BCUT2D eigenvalue weighted by atomic mass is 9.74. The molecule has 1 aromatic rings. The van der Waals surface area contributed by atoms with E-state index in [-0.39, 0.29) is 17.7 Å². The van der Waals surface area contributed by atoms with Crippen LogP contribution in [0.15, 0.2) is 18.2 Å². The number of rotatable bonds is 5. The number of amides is 1. The second-order valence-corrected chi connectivity index (χ2v) is 5.97. The van der Waals surface area contributed by atoms with Gasteiger partial charge in [0.15, 0.2) is 11.6 Å². The van der Waals surface area contributed by atoms with E-state index >= 15 is 0 Å². The van der Waals surface area contributed by atoms with Gasteiger partial charge in [-0.25, -0.2) is 8.78 Å². The number of carbonyl (C=O) groups excluding carboxylic acids is 1. The van der Waals surface area contributed by atoms with Crippen molar-refractivity contribution < 1.29 is 13.6 Å². The van der Waals surface area contributed by atoms with Crippen LogP contribution in [0.3, 0.4) is 0 Å². The Balaban J connectivity index is 1.87. The van der Waals surface area contributed by atoms with Crippen LogP contribution in [0.2, 0.25) is 0 Å². The minimum atomic E-state index is -0.925. The summed E-state index contributed by atoms with van der Waals surface area (Å²) in [5, 5.41) is 2.89. The predicted octanol–water partition coefficient (Wildman–Crippen LogP) is 2.53. The van der Waals surface area contributed by atoms with Crippen LogP contribution in [0.5, 0.6) is 0 Å². The average Bonchev–Trinajstić information content (AvgIpc) is 2.50. The molecule has 0 atom stereocenters. The molecule has 0 aliphatic heterocycles. The molecule has 1 amide bonds. The summed E-state index contributed by atoms with van der Waals surface area (Å²) in [4.78, 5) is 11.9. The summed E-state index contributed by atoms with van der Waals surface area (Å²) >= 11 is 0. The summed E-state index contributed by atoms with van der Waals surface area (Å²) in [5.74, 6) is -2.01. The Morgan fingerprint density at radius 2 is 1.90 bits per heavy atom. The molecular weight excluding hydrogens is 274 g/mol. The number of carbonyl (C=O) groups is 1. The van der Waals surface area contributed by atoms with Gasteiger partial charge < -0.3 is 11.1 Å². The molecule has 0 heterocycles. The molecule has 0 radical (unpaired) electrons. The number of benzene rings is 1. The van der Waals surface area contributed by atoms with Gasteiger partial charge in [0, 0.05) is 6.54 Å². The molecule has 0 unspecified atom stereocenters. The van der Waals surface area contributed by atoms with Crippen molar-refractivity contribution in [2.75, 3.05) is 13.1 Å². The van der Waals surface area contributed by atoms with Crippen molar-refractivity contribution in [3.05, 3.63) is 35.4 Å². The largest absolute Gasteiger partial charge is 0.355 e. The van der Waals surface area contributed by atoms with E-state index in [9.17, 15) is 13.6 Å². The molecule has 1 fully saturated rings. The van der Waals surface area contributed by atoms with Gasteiger partial charge in [-0.2, -0.15) is 0 Å². The fraction of sp³-hybridized carbons (Fsp3) is 0.562. The van der Waals surface area contributed by atoms with Gasteiger partial charge in [-0.15, -0.1) is 0 Å². The Bertz CT molecular complexity index is 499. The van der Waals surface area contributed by atoms with Gasteiger partial charge in [-0.05, 0) is 42.5 Å². The number of nitrogens with two attached hydrogens (primary N) is 1. The van der Waals surface area contributed by atoms with Gasteiger partial charge in [-0.1, -0.05) is 25.3 Å².